The zero-order valence-corrected chi connectivity index (χ0v) is 13.8. The molecule has 1 aliphatic heterocycles. The Morgan fingerprint density at radius 2 is 1.86 bits per heavy atom. The number of para-hydroxylation sites is 1. The Bertz CT molecular complexity index is 659. The molecule has 0 radical (unpaired) electrons. The van der Waals surface area contributed by atoms with Gasteiger partial charge in [0.15, 0.2) is 10.6 Å². The Kier molecular flexibility index (Phi) is 4.90. The van der Waals surface area contributed by atoms with E-state index in [4.69, 9.17) is 17.0 Å². The zero-order valence-electron chi connectivity index (χ0n) is 12.9. The van der Waals surface area contributed by atoms with Crippen molar-refractivity contribution in [3.05, 3.63) is 40.9 Å². The van der Waals surface area contributed by atoms with Gasteiger partial charge in [-0.3, -0.25) is 4.90 Å². The van der Waals surface area contributed by atoms with Crippen molar-refractivity contribution >= 4 is 12.2 Å². The summed E-state index contributed by atoms with van der Waals surface area (Å²) in [5.74, 6) is 1.70. The monoisotopic (exact) mass is 318 g/mol. The third-order valence-corrected chi connectivity index (χ3v) is 4.51. The molecule has 22 heavy (non-hydrogen) atoms. The molecule has 5 nitrogen and oxygen atoms in total. The Balaban J connectivity index is 1.67. The van der Waals surface area contributed by atoms with Gasteiger partial charge in [-0.15, -0.1) is 0 Å². The molecule has 3 rings (SSSR count). The van der Waals surface area contributed by atoms with E-state index in [1.165, 1.54) is 19.3 Å². The van der Waals surface area contributed by atoms with Crippen LogP contribution >= 0.6 is 12.2 Å². The molecule has 0 aliphatic carbocycles. The third-order valence-electron chi connectivity index (χ3n) is 4.02. The molecule has 1 aromatic carbocycles. The molecule has 0 unspecified atom stereocenters. The Labute approximate surface area is 136 Å². The smallest absolute Gasteiger partial charge is 0.198 e. The minimum absolute atomic E-state index is 0.428. The standard InChI is InChI=1S/C16H22N4OS/c1-18-15(12-21-14-8-4-2-5-9-14)17-20(16(18)22)13-19-10-6-3-7-11-19/h2,4-5,8-9H,3,6-7,10-13H2,1H3. The van der Waals surface area contributed by atoms with Crippen molar-refractivity contribution in [1.82, 2.24) is 19.2 Å². The number of ether oxygens (including phenoxy) is 1. The van der Waals surface area contributed by atoms with Gasteiger partial charge in [-0.2, -0.15) is 5.10 Å². The summed E-state index contributed by atoms with van der Waals surface area (Å²) in [6, 6.07) is 9.78. The van der Waals surface area contributed by atoms with Crippen molar-refractivity contribution in [2.75, 3.05) is 13.1 Å². The first-order valence-electron chi connectivity index (χ1n) is 7.77. The van der Waals surface area contributed by atoms with Crippen LogP contribution in [0.25, 0.3) is 0 Å². The number of likely N-dealkylation sites (tertiary alicyclic amines) is 1. The lowest BCUT2D eigenvalue weighted by molar-refractivity contribution is 0.171. The highest BCUT2D eigenvalue weighted by atomic mass is 32.1. The van der Waals surface area contributed by atoms with E-state index in [0.29, 0.717) is 6.61 Å². The molecule has 0 spiro atoms. The number of nitrogens with zero attached hydrogens (tertiary/aromatic N) is 4. The molecule has 1 saturated heterocycles. The summed E-state index contributed by atoms with van der Waals surface area (Å²) in [6.45, 7) is 3.47. The molecule has 0 amide bonds. The van der Waals surface area contributed by atoms with Crippen molar-refractivity contribution in [2.24, 2.45) is 7.05 Å². The van der Waals surface area contributed by atoms with Gasteiger partial charge in [0.05, 0.1) is 6.67 Å². The summed E-state index contributed by atoms with van der Waals surface area (Å²) >= 11 is 5.49. The zero-order chi connectivity index (χ0) is 15.4. The predicted molar refractivity (Wildman–Crippen MR) is 88.2 cm³/mol. The average Bonchev–Trinajstić information content (AvgIpc) is 2.83. The second kappa shape index (κ2) is 7.07. The molecule has 0 atom stereocenters. The number of hydrogen-bond donors (Lipinski definition) is 0. The van der Waals surface area contributed by atoms with Crippen molar-refractivity contribution < 1.29 is 4.74 Å². The minimum atomic E-state index is 0.428. The molecule has 0 bridgehead atoms. The van der Waals surface area contributed by atoms with Gasteiger partial charge >= 0.3 is 0 Å². The predicted octanol–water partition coefficient (Wildman–Crippen LogP) is 2.97. The maximum atomic E-state index is 5.77. The van der Waals surface area contributed by atoms with Crippen molar-refractivity contribution in [3.8, 4) is 5.75 Å². The van der Waals surface area contributed by atoms with E-state index in [-0.39, 0.29) is 0 Å². The van der Waals surface area contributed by atoms with Gasteiger partial charge in [0.25, 0.3) is 0 Å². The van der Waals surface area contributed by atoms with Gasteiger partial charge in [-0.1, -0.05) is 24.6 Å². The van der Waals surface area contributed by atoms with E-state index >= 15 is 0 Å². The van der Waals surface area contributed by atoms with Crippen LogP contribution < -0.4 is 4.74 Å². The molecule has 118 valence electrons. The molecule has 1 aromatic heterocycles. The second-order valence-electron chi connectivity index (χ2n) is 5.68. The summed E-state index contributed by atoms with van der Waals surface area (Å²) in [6.07, 6.45) is 3.87. The van der Waals surface area contributed by atoms with Gasteiger partial charge < -0.3 is 9.30 Å². The molecule has 2 heterocycles. The Morgan fingerprint density at radius 1 is 1.14 bits per heavy atom. The largest absolute Gasteiger partial charge is 0.486 e. The fraction of sp³-hybridized carbons (Fsp3) is 0.500. The molecule has 1 aliphatic rings. The second-order valence-corrected chi connectivity index (χ2v) is 6.04. The number of benzene rings is 1. The minimum Gasteiger partial charge on any atom is -0.486 e. The fourth-order valence-electron chi connectivity index (χ4n) is 2.71. The summed E-state index contributed by atoms with van der Waals surface area (Å²) in [5.41, 5.74) is 0. The van der Waals surface area contributed by atoms with Crippen molar-refractivity contribution in [1.29, 1.82) is 0 Å². The number of hydrogen-bond acceptors (Lipinski definition) is 4. The van der Waals surface area contributed by atoms with Gasteiger partial charge in [0.2, 0.25) is 0 Å². The highest BCUT2D eigenvalue weighted by Gasteiger charge is 2.14. The highest BCUT2D eigenvalue weighted by Crippen LogP contribution is 2.13. The van der Waals surface area contributed by atoms with E-state index in [1.54, 1.807) is 0 Å². The topological polar surface area (TPSA) is 35.2 Å². The van der Waals surface area contributed by atoms with Crippen molar-refractivity contribution in [2.45, 2.75) is 32.5 Å². The summed E-state index contributed by atoms with van der Waals surface area (Å²) in [7, 11) is 1.95. The lowest BCUT2D eigenvalue weighted by Crippen LogP contribution is -2.32. The molecule has 0 saturated carbocycles. The van der Waals surface area contributed by atoms with Gasteiger partial charge in [0, 0.05) is 7.05 Å². The van der Waals surface area contributed by atoms with Crippen LogP contribution in [0.1, 0.15) is 25.1 Å². The van der Waals surface area contributed by atoms with Gasteiger partial charge in [-0.05, 0) is 50.3 Å². The summed E-state index contributed by atoms with van der Waals surface area (Å²) in [5, 5.41) is 4.63. The van der Waals surface area contributed by atoms with E-state index in [0.717, 1.165) is 36.1 Å². The van der Waals surface area contributed by atoms with Crippen LogP contribution in [0.4, 0.5) is 0 Å². The first-order valence-corrected chi connectivity index (χ1v) is 8.18. The molecule has 6 heteroatoms. The summed E-state index contributed by atoms with van der Waals surface area (Å²) in [4.78, 5) is 2.41. The first-order chi connectivity index (χ1) is 10.7. The molecule has 0 N–H and O–H groups in total. The number of aromatic nitrogens is 3. The number of rotatable bonds is 5. The van der Waals surface area contributed by atoms with Crippen molar-refractivity contribution in [3.63, 3.8) is 0 Å². The lowest BCUT2D eigenvalue weighted by atomic mass is 10.1. The average molecular weight is 318 g/mol. The molecule has 2 aromatic rings. The summed E-state index contributed by atoms with van der Waals surface area (Å²) < 4.78 is 10.4. The molecular formula is C16H22N4OS. The van der Waals surface area contributed by atoms with Crippen LogP contribution in [0.2, 0.25) is 0 Å². The van der Waals surface area contributed by atoms with E-state index in [1.807, 2.05) is 46.6 Å². The maximum Gasteiger partial charge on any atom is 0.198 e. The SMILES string of the molecule is Cn1c(COc2ccccc2)nn(CN2CCCCC2)c1=S. The van der Waals surface area contributed by atoms with E-state index in [9.17, 15) is 0 Å². The number of piperidine rings is 1. The Hall–Kier alpha value is -1.66. The third kappa shape index (κ3) is 3.56. The van der Waals surface area contributed by atoms with E-state index < -0.39 is 0 Å². The van der Waals surface area contributed by atoms with Crippen LogP contribution in [0.15, 0.2) is 30.3 Å². The van der Waals surface area contributed by atoms with Crippen LogP contribution in [0.5, 0.6) is 5.75 Å². The lowest BCUT2D eigenvalue weighted by Gasteiger charge is -2.25. The van der Waals surface area contributed by atoms with Gasteiger partial charge in [-0.25, -0.2) is 4.68 Å². The molecule has 1 fully saturated rings. The maximum absolute atomic E-state index is 5.77. The first kappa shape index (κ1) is 15.2. The van der Waals surface area contributed by atoms with Crippen LogP contribution in [-0.4, -0.2) is 32.3 Å². The Morgan fingerprint density at radius 3 is 2.59 bits per heavy atom. The van der Waals surface area contributed by atoms with Gasteiger partial charge in [0.1, 0.15) is 12.4 Å². The quantitative estimate of drug-likeness (QED) is 0.794. The fourth-order valence-corrected chi connectivity index (χ4v) is 2.91. The van der Waals surface area contributed by atoms with Crippen LogP contribution in [0, 0.1) is 4.77 Å². The van der Waals surface area contributed by atoms with Crippen LogP contribution in [-0.2, 0) is 20.3 Å². The van der Waals surface area contributed by atoms with E-state index in [2.05, 4.69) is 10.00 Å². The normalized spacial score (nSPS) is 15.9. The highest BCUT2D eigenvalue weighted by molar-refractivity contribution is 7.71. The van der Waals surface area contributed by atoms with Crippen LogP contribution in [0.3, 0.4) is 0 Å². The molecular weight excluding hydrogens is 296 g/mol.